The lowest BCUT2D eigenvalue weighted by Gasteiger charge is -2.31. The van der Waals surface area contributed by atoms with Crippen LogP contribution in [0.4, 0.5) is 10.5 Å². The van der Waals surface area contributed by atoms with Crippen LogP contribution in [0.2, 0.25) is 0 Å². The predicted molar refractivity (Wildman–Crippen MR) is 148 cm³/mol. The smallest absolute Gasteiger partial charge is 0.294 e. The molecule has 2 saturated heterocycles. The number of piperidine rings is 1. The standard InChI is InChI=1S/C29H35N3O4S/c1-4-30(5-2)24-12-11-23(25(18-24)36-20-22-9-7-6-8-10-22)17-26-28(34)32(29(35)37-26)19-27(33)31-15-13-21(3)14-16-31/h6-12,17-18,21H,4-5,13-16,19-20H2,1-3H3/b26-17+. The number of hydrogen-bond donors (Lipinski definition) is 0. The Labute approximate surface area is 223 Å². The molecule has 2 fully saturated rings. The summed E-state index contributed by atoms with van der Waals surface area (Å²) in [4.78, 5) is 43.9. The first-order valence-electron chi connectivity index (χ1n) is 13.0. The highest BCUT2D eigenvalue weighted by atomic mass is 32.2. The Morgan fingerprint density at radius 2 is 1.78 bits per heavy atom. The Hall–Kier alpha value is -3.26. The van der Waals surface area contributed by atoms with E-state index in [4.69, 9.17) is 4.74 Å². The van der Waals surface area contributed by atoms with Crippen molar-refractivity contribution in [3.8, 4) is 5.75 Å². The van der Waals surface area contributed by atoms with Crippen LogP contribution in [0, 0.1) is 5.92 Å². The Balaban J connectivity index is 1.54. The number of hydrogen-bond acceptors (Lipinski definition) is 6. The maximum Gasteiger partial charge on any atom is 0.294 e. The number of likely N-dealkylation sites (tertiary alicyclic amines) is 1. The summed E-state index contributed by atoms with van der Waals surface area (Å²) in [6.45, 7) is 9.61. The summed E-state index contributed by atoms with van der Waals surface area (Å²) in [5.41, 5.74) is 2.78. The SMILES string of the molecule is CCN(CC)c1ccc(/C=C2/SC(=O)N(CC(=O)N3CCC(C)CC3)C2=O)c(OCc2ccccc2)c1. The van der Waals surface area contributed by atoms with E-state index in [1.54, 1.807) is 11.0 Å². The molecule has 0 atom stereocenters. The van der Waals surface area contributed by atoms with Gasteiger partial charge in [0, 0.05) is 43.5 Å². The van der Waals surface area contributed by atoms with Gasteiger partial charge in [0.1, 0.15) is 18.9 Å². The zero-order valence-corrected chi connectivity index (χ0v) is 22.6. The second kappa shape index (κ2) is 12.3. The summed E-state index contributed by atoms with van der Waals surface area (Å²) in [6.07, 6.45) is 3.59. The topological polar surface area (TPSA) is 70.2 Å². The Bertz CT molecular complexity index is 1150. The highest BCUT2D eigenvalue weighted by molar-refractivity contribution is 8.18. The molecule has 8 heteroatoms. The summed E-state index contributed by atoms with van der Waals surface area (Å²) in [6, 6.07) is 15.8. The summed E-state index contributed by atoms with van der Waals surface area (Å²) in [5.74, 6) is 0.621. The molecule has 0 bridgehead atoms. The van der Waals surface area contributed by atoms with Gasteiger partial charge in [-0.25, -0.2) is 0 Å². The quantitative estimate of drug-likeness (QED) is 0.411. The molecule has 3 amide bonds. The number of thioether (sulfide) groups is 1. The molecule has 0 spiro atoms. The van der Waals surface area contributed by atoms with Gasteiger partial charge in [-0.15, -0.1) is 0 Å². The van der Waals surface area contributed by atoms with Crippen molar-refractivity contribution in [3.63, 3.8) is 0 Å². The molecule has 0 radical (unpaired) electrons. The summed E-state index contributed by atoms with van der Waals surface area (Å²) in [5, 5.41) is -0.415. The molecule has 2 aliphatic rings. The van der Waals surface area contributed by atoms with Crippen molar-refractivity contribution in [2.75, 3.05) is 37.6 Å². The van der Waals surface area contributed by atoms with Gasteiger partial charge in [0.25, 0.3) is 11.1 Å². The first kappa shape index (κ1) is 26.8. The van der Waals surface area contributed by atoms with Gasteiger partial charge >= 0.3 is 0 Å². The van der Waals surface area contributed by atoms with Crippen LogP contribution in [-0.2, 0) is 16.2 Å². The van der Waals surface area contributed by atoms with E-state index in [-0.39, 0.29) is 12.5 Å². The van der Waals surface area contributed by atoms with E-state index >= 15 is 0 Å². The molecular weight excluding hydrogens is 486 g/mol. The minimum atomic E-state index is -0.435. The first-order valence-corrected chi connectivity index (χ1v) is 13.8. The lowest BCUT2D eigenvalue weighted by Crippen LogP contribution is -2.45. The number of imide groups is 1. The lowest BCUT2D eigenvalue weighted by atomic mass is 9.99. The van der Waals surface area contributed by atoms with Gasteiger partial charge in [-0.05, 0) is 68.1 Å². The zero-order valence-electron chi connectivity index (χ0n) is 21.8. The van der Waals surface area contributed by atoms with E-state index in [1.165, 1.54) is 0 Å². The van der Waals surface area contributed by atoms with Crippen LogP contribution in [0.25, 0.3) is 6.08 Å². The molecule has 0 aromatic heterocycles. The number of nitrogens with zero attached hydrogens (tertiary/aromatic N) is 3. The van der Waals surface area contributed by atoms with Crippen molar-refractivity contribution in [3.05, 3.63) is 64.6 Å². The van der Waals surface area contributed by atoms with Gasteiger partial charge < -0.3 is 14.5 Å². The highest BCUT2D eigenvalue weighted by Gasteiger charge is 2.37. The molecule has 37 heavy (non-hydrogen) atoms. The second-order valence-corrected chi connectivity index (χ2v) is 10.5. The Morgan fingerprint density at radius 3 is 2.46 bits per heavy atom. The van der Waals surface area contributed by atoms with Gasteiger partial charge in [0.15, 0.2) is 0 Å². The maximum absolute atomic E-state index is 13.1. The summed E-state index contributed by atoms with van der Waals surface area (Å²) in [7, 11) is 0. The van der Waals surface area contributed by atoms with Crippen molar-refractivity contribution in [1.29, 1.82) is 0 Å². The zero-order chi connectivity index (χ0) is 26.4. The van der Waals surface area contributed by atoms with Gasteiger partial charge in [0.2, 0.25) is 5.91 Å². The molecule has 0 aliphatic carbocycles. The van der Waals surface area contributed by atoms with E-state index < -0.39 is 11.1 Å². The molecule has 0 unspecified atom stereocenters. The van der Waals surface area contributed by atoms with E-state index in [2.05, 4.69) is 25.7 Å². The number of carbonyl (C=O) groups excluding carboxylic acids is 3. The third-order valence-corrected chi connectivity index (χ3v) is 7.86. The molecule has 2 aromatic rings. The van der Waals surface area contributed by atoms with Crippen molar-refractivity contribution < 1.29 is 19.1 Å². The maximum atomic E-state index is 13.1. The Kier molecular flexibility index (Phi) is 8.92. The van der Waals surface area contributed by atoms with E-state index in [0.717, 1.165) is 53.8 Å². The van der Waals surface area contributed by atoms with Gasteiger partial charge in [-0.1, -0.05) is 37.3 Å². The number of benzene rings is 2. The fourth-order valence-electron chi connectivity index (χ4n) is 4.56. The van der Waals surface area contributed by atoms with Crippen LogP contribution in [-0.4, -0.2) is 59.6 Å². The fraction of sp³-hybridized carbons (Fsp3) is 0.414. The minimum Gasteiger partial charge on any atom is -0.488 e. The van der Waals surface area contributed by atoms with Crippen LogP contribution < -0.4 is 9.64 Å². The number of ether oxygens (including phenoxy) is 1. The van der Waals surface area contributed by atoms with E-state index in [9.17, 15) is 14.4 Å². The van der Waals surface area contributed by atoms with Crippen molar-refractivity contribution in [2.24, 2.45) is 5.92 Å². The van der Waals surface area contributed by atoms with Crippen LogP contribution in [0.3, 0.4) is 0 Å². The fourth-order valence-corrected chi connectivity index (χ4v) is 5.39. The number of anilines is 1. The van der Waals surface area contributed by atoms with Crippen molar-refractivity contribution in [2.45, 2.75) is 40.2 Å². The first-order chi connectivity index (χ1) is 17.9. The van der Waals surface area contributed by atoms with Gasteiger partial charge in [-0.2, -0.15) is 0 Å². The van der Waals surface area contributed by atoms with E-state index in [1.807, 2.05) is 48.5 Å². The van der Waals surface area contributed by atoms with Gasteiger partial charge in [0.05, 0.1) is 4.91 Å². The predicted octanol–water partition coefficient (Wildman–Crippen LogP) is 5.41. The van der Waals surface area contributed by atoms with Gasteiger partial charge in [-0.3, -0.25) is 19.3 Å². The van der Waals surface area contributed by atoms with Crippen LogP contribution in [0.5, 0.6) is 5.75 Å². The normalized spacial score (nSPS) is 17.5. The molecule has 0 saturated carbocycles. The molecule has 7 nitrogen and oxygen atoms in total. The number of carbonyl (C=O) groups is 3. The average molecular weight is 522 g/mol. The monoisotopic (exact) mass is 521 g/mol. The van der Waals surface area contributed by atoms with Crippen molar-refractivity contribution in [1.82, 2.24) is 9.80 Å². The third kappa shape index (κ3) is 6.55. The second-order valence-electron chi connectivity index (χ2n) is 9.50. The average Bonchev–Trinajstić information content (AvgIpc) is 3.17. The number of rotatable bonds is 9. The van der Waals surface area contributed by atoms with Crippen LogP contribution in [0.15, 0.2) is 53.4 Å². The lowest BCUT2D eigenvalue weighted by molar-refractivity contribution is -0.136. The minimum absolute atomic E-state index is 0.175. The molecule has 2 heterocycles. The summed E-state index contributed by atoms with van der Waals surface area (Å²) < 4.78 is 6.20. The largest absolute Gasteiger partial charge is 0.488 e. The summed E-state index contributed by atoms with van der Waals surface area (Å²) >= 11 is 0.870. The number of amides is 3. The highest BCUT2D eigenvalue weighted by Crippen LogP contribution is 2.35. The molecule has 0 N–H and O–H groups in total. The molecular formula is C29H35N3O4S. The van der Waals surface area contributed by atoms with Crippen LogP contribution >= 0.6 is 11.8 Å². The molecule has 2 aromatic carbocycles. The van der Waals surface area contributed by atoms with Crippen LogP contribution in [0.1, 0.15) is 44.7 Å². The van der Waals surface area contributed by atoms with E-state index in [0.29, 0.717) is 41.8 Å². The molecule has 4 rings (SSSR count). The molecule has 196 valence electrons. The molecule has 2 aliphatic heterocycles. The van der Waals surface area contributed by atoms with Crippen molar-refractivity contribution >= 4 is 40.6 Å². The third-order valence-electron chi connectivity index (χ3n) is 6.95. The Morgan fingerprint density at radius 1 is 1.08 bits per heavy atom.